The monoisotopic (exact) mass is 325 g/mol. The third-order valence-electron chi connectivity index (χ3n) is 2.43. The zero-order chi connectivity index (χ0) is 11.7. The quantitative estimate of drug-likeness (QED) is 0.693. The number of aromatic nitrogens is 5. The molecule has 7 heteroatoms. The van der Waals surface area contributed by atoms with E-state index in [1.165, 1.54) is 0 Å². The Kier molecular flexibility index (Phi) is 4.03. The zero-order valence-corrected chi connectivity index (χ0v) is 12.3. The van der Waals surface area contributed by atoms with Crippen molar-refractivity contribution in [3.63, 3.8) is 0 Å². The highest BCUT2D eigenvalue weighted by molar-refractivity contribution is 8.93. The summed E-state index contributed by atoms with van der Waals surface area (Å²) in [4.78, 5) is 4.53. The van der Waals surface area contributed by atoms with Gasteiger partial charge in [0.2, 0.25) is 0 Å². The maximum Gasteiger partial charge on any atom is 0.191 e. The lowest BCUT2D eigenvalue weighted by molar-refractivity contribution is 0.788. The van der Waals surface area contributed by atoms with Crippen molar-refractivity contribution in [1.82, 2.24) is 24.1 Å². The molecule has 5 nitrogen and oxygen atoms in total. The van der Waals surface area contributed by atoms with Crippen molar-refractivity contribution in [2.75, 3.05) is 0 Å². The SMILES string of the molecule is Br.Cn1cnnc1SCc1cn2ccccc2n1. The first kappa shape index (κ1) is 13.1. The molecule has 0 unspecified atom stereocenters. The first-order chi connectivity index (χ1) is 8.33. The van der Waals surface area contributed by atoms with E-state index >= 15 is 0 Å². The number of aryl methyl sites for hydroxylation is 1. The third-order valence-corrected chi connectivity index (χ3v) is 3.50. The maximum atomic E-state index is 4.53. The van der Waals surface area contributed by atoms with Gasteiger partial charge in [0.25, 0.3) is 0 Å². The number of hydrogen-bond donors (Lipinski definition) is 0. The van der Waals surface area contributed by atoms with Crippen molar-refractivity contribution >= 4 is 34.4 Å². The topological polar surface area (TPSA) is 48.0 Å². The molecule has 3 heterocycles. The van der Waals surface area contributed by atoms with Gasteiger partial charge in [0.15, 0.2) is 5.16 Å². The predicted molar refractivity (Wildman–Crippen MR) is 76.1 cm³/mol. The van der Waals surface area contributed by atoms with Gasteiger partial charge in [0.05, 0.1) is 5.69 Å². The molecule has 3 aromatic rings. The summed E-state index contributed by atoms with van der Waals surface area (Å²) < 4.78 is 3.92. The molecule has 18 heavy (non-hydrogen) atoms. The van der Waals surface area contributed by atoms with Crippen LogP contribution in [0.1, 0.15) is 5.69 Å². The standard InChI is InChI=1S/C11H11N5S.BrH/c1-15-8-12-14-11(15)17-7-9-6-16-5-3-2-4-10(16)13-9;/h2-6,8H,7H2,1H3;1H. The van der Waals surface area contributed by atoms with E-state index in [1.54, 1.807) is 18.1 Å². The van der Waals surface area contributed by atoms with Crippen LogP contribution < -0.4 is 0 Å². The summed E-state index contributed by atoms with van der Waals surface area (Å²) in [5.74, 6) is 0.800. The largest absolute Gasteiger partial charge is 0.312 e. The Morgan fingerprint density at radius 1 is 1.33 bits per heavy atom. The molecule has 0 atom stereocenters. The van der Waals surface area contributed by atoms with Crippen LogP contribution in [0.4, 0.5) is 0 Å². The Labute approximate surface area is 119 Å². The van der Waals surface area contributed by atoms with Crippen LogP contribution in [0.25, 0.3) is 5.65 Å². The molecule has 0 radical (unpaired) electrons. The van der Waals surface area contributed by atoms with Gasteiger partial charge in [-0.05, 0) is 12.1 Å². The van der Waals surface area contributed by atoms with Crippen LogP contribution in [0, 0.1) is 0 Å². The summed E-state index contributed by atoms with van der Waals surface area (Å²) in [6.07, 6.45) is 5.74. The second kappa shape index (κ2) is 5.53. The van der Waals surface area contributed by atoms with Crippen molar-refractivity contribution in [2.24, 2.45) is 7.05 Å². The molecule has 0 N–H and O–H groups in total. The zero-order valence-electron chi connectivity index (χ0n) is 9.72. The third kappa shape index (κ3) is 2.56. The summed E-state index contributed by atoms with van der Waals surface area (Å²) in [7, 11) is 1.94. The number of nitrogens with zero attached hydrogens (tertiary/aromatic N) is 5. The molecular weight excluding hydrogens is 314 g/mol. The van der Waals surface area contributed by atoms with E-state index in [-0.39, 0.29) is 17.0 Å². The van der Waals surface area contributed by atoms with Gasteiger partial charge in [-0.3, -0.25) is 0 Å². The first-order valence-electron chi connectivity index (χ1n) is 5.22. The molecule has 0 saturated carbocycles. The number of imidazole rings is 1. The molecule has 0 spiro atoms. The summed E-state index contributed by atoms with van der Waals surface area (Å²) in [6.45, 7) is 0. The molecule has 0 aliphatic rings. The predicted octanol–water partition coefficient (Wildman–Crippen LogP) is 2.33. The number of thioether (sulfide) groups is 1. The molecule has 0 amide bonds. The number of rotatable bonds is 3. The molecule has 94 valence electrons. The Hall–Kier alpha value is -1.34. The van der Waals surface area contributed by atoms with Crippen molar-refractivity contribution in [2.45, 2.75) is 10.9 Å². The van der Waals surface area contributed by atoms with E-state index in [2.05, 4.69) is 15.2 Å². The van der Waals surface area contributed by atoms with Crippen molar-refractivity contribution < 1.29 is 0 Å². The van der Waals surface area contributed by atoms with Crippen molar-refractivity contribution in [3.05, 3.63) is 42.6 Å². The fraction of sp³-hybridized carbons (Fsp3) is 0.182. The maximum absolute atomic E-state index is 4.53. The molecule has 0 fully saturated rings. The average molecular weight is 326 g/mol. The number of fused-ring (bicyclic) bond motifs is 1. The van der Waals surface area contributed by atoms with Crippen LogP contribution in [-0.2, 0) is 12.8 Å². The van der Waals surface area contributed by atoms with Gasteiger partial charge in [0, 0.05) is 25.2 Å². The van der Waals surface area contributed by atoms with Gasteiger partial charge in [-0.2, -0.15) is 0 Å². The highest BCUT2D eigenvalue weighted by Crippen LogP contribution is 2.19. The minimum absolute atomic E-state index is 0. The lowest BCUT2D eigenvalue weighted by Gasteiger charge is -1.96. The van der Waals surface area contributed by atoms with Crippen molar-refractivity contribution in [3.8, 4) is 0 Å². The number of pyridine rings is 1. The van der Waals surface area contributed by atoms with Crippen LogP contribution in [-0.4, -0.2) is 24.1 Å². The highest BCUT2D eigenvalue weighted by atomic mass is 79.9. The Morgan fingerprint density at radius 3 is 2.94 bits per heavy atom. The van der Waals surface area contributed by atoms with Crippen LogP contribution in [0.5, 0.6) is 0 Å². The summed E-state index contributed by atoms with van der Waals surface area (Å²) in [6, 6.07) is 5.98. The van der Waals surface area contributed by atoms with E-state index in [9.17, 15) is 0 Å². The Bertz CT molecular complexity index is 614. The molecule has 3 aromatic heterocycles. The van der Waals surface area contributed by atoms with Crippen LogP contribution in [0.2, 0.25) is 0 Å². The van der Waals surface area contributed by atoms with E-state index in [1.807, 2.05) is 46.6 Å². The summed E-state index contributed by atoms with van der Waals surface area (Å²) >= 11 is 1.64. The highest BCUT2D eigenvalue weighted by Gasteiger charge is 2.05. The molecule has 0 aliphatic heterocycles. The van der Waals surface area contributed by atoms with Gasteiger partial charge >= 0.3 is 0 Å². The van der Waals surface area contributed by atoms with E-state index in [4.69, 9.17) is 0 Å². The molecule has 0 aromatic carbocycles. The fourth-order valence-corrected chi connectivity index (χ4v) is 2.37. The smallest absolute Gasteiger partial charge is 0.191 e. The van der Waals surface area contributed by atoms with Crippen molar-refractivity contribution in [1.29, 1.82) is 0 Å². The second-order valence-corrected chi connectivity index (χ2v) is 4.65. The molecular formula is C11H12BrN5S. The molecule has 0 bridgehead atoms. The van der Waals surface area contributed by atoms with E-state index in [0.29, 0.717) is 0 Å². The van der Waals surface area contributed by atoms with Crippen LogP contribution >= 0.6 is 28.7 Å². The van der Waals surface area contributed by atoms with E-state index in [0.717, 1.165) is 22.3 Å². The normalized spacial score (nSPS) is 10.5. The van der Waals surface area contributed by atoms with Crippen LogP contribution in [0.3, 0.4) is 0 Å². The first-order valence-corrected chi connectivity index (χ1v) is 6.21. The Morgan fingerprint density at radius 2 is 2.22 bits per heavy atom. The lowest BCUT2D eigenvalue weighted by atomic mass is 10.5. The van der Waals surface area contributed by atoms with Gasteiger partial charge < -0.3 is 8.97 Å². The summed E-state index contributed by atoms with van der Waals surface area (Å²) in [5.41, 5.74) is 2.02. The second-order valence-electron chi connectivity index (χ2n) is 3.71. The number of hydrogen-bond acceptors (Lipinski definition) is 4. The van der Waals surface area contributed by atoms with Crippen LogP contribution in [0.15, 0.2) is 42.1 Å². The fourth-order valence-electron chi connectivity index (χ4n) is 1.60. The minimum Gasteiger partial charge on any atom is -0.312 e. The van der Waals surface area contributed by atoms with Gasteiger partial charge in [-0.1, -0.05) is 17.8 Å². The molecule has 0 aliphatic carbocycles. The average Bonchev–Trinajstić information content (AvgIpc) is 2.92. The van der Waals surface area contributed by atoms with E-state index < -0.39 is 0 Å². The molecule has 0 saturated heterocycles. The lowest BCUT2D eigenvalue weighted by Crippen LogP contribution is -1.89. The van der Waals surface area contributed by atoms with Gasteiger partial charge in [-0.25, -0.2) is 4.98 Å². The summed E-state index contributed by atoms with van der Waals surface area (Å²) in [5, 5.41) is 8.77. The molecule has 3 rings (SSSR count). The minimum atomic E-state index is 0. The van der Waals surface area contributed by atoms with Gasteiger partial charge in [0.1, 0.15) is 12.0 Å². The number of halogens is 1. The van der Waals surface area contributed by atoms with Gasteiger partial charge in [-0.15, -0.1) is 27.2 Å². The Balaban J connectivity index is 0.00000120.